The van der Waals surface area contributed by atoms with Crippen LogP contribution in [0.5, 0.6) is 0 Å². The molecule has 0 radical (unpaired) electrons. The van der Waals surface area contributed by atoms with E-state index in [1.54, 1.807) is 0 Å². The normalized spacial score (nSPS) is 11.9. The van der Waals surface area contributed by atoms with Crippen molar-refractivity contribution < 1.29 is 29.3 Å². The highest BCUT2D eigenvalue weighted by molar-refractivity contribution is 5.73. The Morgan fingerprint density at radius 1 is 1.06 bits per heavy atom. The molecule has 0 bridgehead atoms. The lowest BCUT2D eigenvalue weighted by Crippen LogP contribution is -2.19. The van der Waals surface area contributed by atoms with E-state index in [2.05, 4.69) is 4.74 Å². The number of aliphatic hydroxyl groups is 2. The highest BCUT2D eigenvalue weighted by atomic mass is 16.5. The van der Waals surface area contributed by atoms with Gasteiger partial charge in [0.25, 0.3) is 0 Å². The minimum Gasteiger partial charge on any atom is -0.464 e. The first-order chi connectivity index (χ1) is 8.07. The Bertz CT molecular complexity index is 226. The molecule has 0 aromatic heterocycles. The molecule has 0 aromatic carbocycles. The number of carbonyl (C=O) groups excluding carboxylic acids is 2. The predicted octanol–water partition coefficient (Wildman–Crippen LogP) is 0.00630. The molecule has 0 heterocycles. The summed E-state index contributed by atoms with van der Waals surface area (Å²) in [6.45, 7) is 1.36. The Kier molecular flexibility index (Phi) is 9.37. The second kappa shape index (κ2) is 10.0. The summed E-state index contributed by atoms with van der Waals surface area (Å²) in [5.41, 5.74) is 0. The zero-order chi connectivity index (χ0) is 13.1. The van der Waals surface area contributed by atoms with Gasteiger partial charge in [-0.15, -0.1) is 0 Å². The molecule has 0 aliphatic rings. The fraction of sp³-hybridized carbons (Fsp3) is 0.818. The van der Waals surface area contributed by atoms with E-state index in [0.29, 0.717) is 19.6 Å². The van der Waals surface area contributed by atoms with Crippen molar-refractivity contribution in [3.8, 4) is 0 Å². The maximum Gasteiger partial charge on any atom is 0.334 e. The van der Waals surface area contributed by atoms with Crippen LogP contribution in [0.1, 0.15) is 32.6 Å². The second-order valence-corrected chi connectivity index (χ2v) is 3.64. The standard InChI is InChI=1S/C11H20O6/c1-9(13)11(15)17-7-5-3-2-4-6-16-10(14)8-12/h9,12-13H,2-8H2,1H3. The topological polar surface area (TPSA) is 93.1 Å². The van der Waals surface area contributed by atoms with Gasteiger partial charge in [0, 0.05) is 0 Å². The summed E-state index contributed by atoms with van der Waals surface area (Å²) in [4.78, 5) is 21.4. The maximum atomic E-state index is 10.8. The first-order valence-electron chi connectivity index (χ1n) is 5.69. The fourth-order valence-electron chi connectivity index (χ4n) is 1.08. The van der Waals surface area contributed by atoms with Crippen molar-refractivity contribution in [2.45, 2.75) is 38.7 Å². The molecular formula is C11H20O6. The number of aliphatic hydroxyl groups excluding tert-OH is 2. The molecule has 0 aliphatic heterocycles. The summed E-state index contributed by atoms with van der Waals surface area (Å²) in [5, 5.41) is 17.2. The zero-order valence-corrected chi connectivity index (χ0v) is 10.1. The summed E-state index contributed by atoms with van der Waals surface area (Å²) in [6, 6.07) is 0. The Morgan fingerprint density at radius 2 is 1.59 bits per heavy atom. The molecular weight excluding hydrogens is 228 g/mol. The number of unbranched alkanes of at least 4 members (excludes halogenated alkanes) is 3. The van der Waals surface area contributed by atoms with E-state index in [0.717, 1.165) is 19.3 Å². The van der Waals surface area contributed by atoms with E-state index in [-0.39, 0.29) is 0 Å². The number of carbonyl (C=O) groups is 2. The van der Waals surface area contributed by atoms with E-state index >= 15 is 0 Å². The van der Waals surface area contributed by atoms with Gasteiger partial charge in [-0.25, -0.2) is 9.59 Å². The van der Waals surface area contributed by atoms with Gasteiger partial charge in [0.05, 0.1) is 13.2 Å². The monoisotopic (exact) mass is 248 g/mol. The van der Waals surface area contributed by atoms with Gasteiger partial charge in [-0.05, 0) is 32.6 Å². The molecule has 100 valence electrons. The summed E-state index contributed by atoms with van der Waals surface area (Å²) in [6.07, 6.45) is 2.06. The van der Waals surface area contributed by atoms with E-state index in [1.807, 2.05) is 0 Å². The molecule has 2 N–H and O–H groups in total. The van der Waals surface area contributed by atoms with Crippen LogP contribution in [-0.4, -0.2) is 48.1 Å². The van der Waals surface area contributed by atoms with Crippen molar-refractivity contribution in [3.63, 3.8) is 0 Å². The van der Waals surface area contributed by atoms with Crippen LogP contribution in [0.2, 0.25) is 0 Å². The van der Waals surface area contributed by atoms with E-state index in [1.165, 1.54) is 6.92 Å². The summed E-state index contributed by atoms with van der Waals surface area (Å²) in [7, 11) is 0. The van der Waals surface area contributed by atoms with Crippen LogP contribution >= 0.6 is 0 Å². The summed E-state index contributed by atoms with van der Waals surface area (Å²) >= 11 is 0. The average molecular weight is 248 g/mol. The quantitative estimate of drug-likeness (QED) is 0.441. The molecule has 0 rings (SSSR count). The highest BCUT2D eigenvalue weighted by Gasteiger charge is 2.08. The lowest BCUT2D eigenvalue weighted by Gasteiger charge is -2.06. The van der Waals surface area contributed by atoms with Crippen molar-refractivity contribution >= 4 is 11.9 Å². The van der Waals surface area contributed by atoms with Crippen molar-refractivity contribution in [2.75, 3.05) is 19.8 Å². The largest absolute Gasteiger partial charge is 0.464 e. The molecule has 6 heteroatoms. The maximum absolute atomic E-state index is 10.8. The molecule has 17 heavy (non-hydrogen) atoms. The molecule has 0 amide bonds. The fourth-order valence-corrected chi connectivity index (χ4v) is 1.08. The lowest BCUT2D eigenvalue weighted by molar-refractivity contribution is -0.152. The molecule has 6 nitrogen and oxygen atoms in total. The third-order valence-corrected chi connectivity index (χ3v) is 2.02. The van der Waals surface area contributed by atoms with Crippen LogP contribution in [0.25, 0.3) is 0 Å². The van der Waals surface area contributed by atoms with Gasteiger partial charge in [-0.3, -0.25) is 0 Å². The molecule has 1 atom stereocenters. The molecule has 0 spiro atoms. The van der Waals surface area contributed by atoms with E-state index in [9.17, 15) is 9.59 Å². The average Bonchev–Trinajstić information content (AvgIpc) is 2.31. The Labute approximate surface area is 101 Å². The van der Waals surface area contributed by atoms with Gasteiger partial charge < -0.3 is 19.7 Å². The Morgan fingerprint density at radius 3 is 2.06 bits per heavy atom. The Hall–Kier alpha value is -1.14. The predicted molar refractivity (Wildman–Crippen MR) is 59.2 cm³/mol. The lowest BCUT2D eigenvalue weighted by atomic mass is 10.2. The van der Waals surface area contributed by atoms with Gasteiger partial charge in [0.1, 0.15) is 12.7 Å². The van der Waals surface area contributed by atoms with Crippen molar-refractivity contribution in [1.82, 2.24) is 0 Å². The summed E-state index contributed by atoms with van der Waals surface area (Å²) < 4.78 is 9.42. The van der Waals surface area contributed by atoms with Crippen LogP contribution in [0.3, 0.4) is 0 Å². The smallest absolute Gasteiger partial charge is 0.334 e. The van der Waals surface area contributed by atoms with Crippen molar-refractivity contribution in [1.29, 1.82) is 0 Å². The van der Waals surface area contributed by atoms with Gasteiger partial charge in [-0.2, -0.15) is 0 Å². The second-order valence-electron chi connectivity index (χ2n) is 3.64. The third-order valence-electron chi connectivity index (χ3n) is 2.02. The first kappa shape index (κ1) is 15.9. The minimum atomic E-state index is -1.08. The molecule has 0 fully saturated rings. The van der Waals surface area contributed by atoms with E-state index in [4.69, 9.17) is 14.9 Å². The number of hydrogen-bond donors (Lipinski definition) is 2. The van der Waals surface area contributed by atoms with E-state index < -0.39 is 24.6 Å². The molecule has 1 unspecified atom stereocenters. The summed E-state index contributed by atoms with van der Waals surface area (Å²) in [5.74, 6) is -1.22. The number of hydrogen-bond acceptors (Lipinski definition) is 6. The van der Waals surface area contributed by atoms with Gasteiger partial charge >= 0.3 is 11.9 Å². The van der Waals surface area contributed by atoms with Crippen LogP contribution < -0.4 is 0 Å². The molecule has 0 aliphatic carbocycles. The first-order valence-corrected chi connectivity index (χ1v) is 5.69. The zero-order valence-electron chi connectivity index (χ0n) is 10.1. The number of esters is 2. The Balaban J connectivity index is 3.19. The van der Waals surface area contributed by atoms with Crippen LogP contribution in [0, 0.1) is 0 Å². The number of rotatable bonds is 9. The van der Waals surface area contributed by atoms with Crippen molar-refractivity contribution in [3.05, 3.63) is 0 Å². The van der Waals surface area contributed by atoms with Gasteiger partial charge in [0.15, 0.2) is 0 Å². The number of ether oxygens (including phenoxy) is 2. The van der Waals surface area contributed by atoms with Gasteiger partial charge in [-0.1, -0.05) is 0 Å². The third kappa shape index (κ3) is 9.77. The van der Waals surface area contributed by atoms with Crippen molar-refractivity contribution in [2.24, 2.45) is 0 Å². The molecule has 0 saturated carbocycles. The molecule has 0 saturated heterocycles. The van der Waals surface area contributed by atoms with Crippen LogP contribution in [0.4, 0.5) is 0 Å². The molecule has 0 aromatic rings. The van der Waals surface area contributed by atoms with Crippen LogP contribution in [0.15, 0.2) is 0 Å². The SMILES string of the molecule is CC(O)C(=O)OCCCCCCOC(=O)CO. The van der Waals surface area contributed by atoms with Crippen LogP contribution in [-0.2, 0) is 19.1 Å². The van der Waals surface area contributed by atoms with Gasteiger partial charge in [0.2, 0.25) is 0 Å². The highest BCUT2D eigenvalue weighted by Crippen LogP contribution is 2.01. The minimum absolute atomic E-state index is 0.292.